The highest BCUT2D eigenvalue weighted by Crippen LogP contribution is 2.31. The van der Waals surface area contributed by atoms with Crippen LogP contribution in [-0.4, -0.2) is 28.9 Å². The highest BCUT2D eigenvalue weighted by Gasteiger charge is 2.31. The molecule has 0 spiro atoms. The van der Waals surface area contributed by atoms with Crippen LogP contribution in [0.25, 0.3) is 0 Å². The zero-order valence-electron chi connectivity index (χ0n) is 14.1. The van der Waals surface area contributed by atoms with Crippen molar-refractivity contribution in [2.75, 3.05) is 13.2 Å². The number of rotatable bonds is 6. The minimum absolute atomic E-state index is 0.00256. The number of aromatic nitrogens is 1. The fourth-order valence-electron chi connectivity index (χ4n) is 3.23. The Morgan fingerprint density at radius 2 is 2.29 bits per heavy atom. The second-order valence-electron chi connectivity index (χ2n) is 6.00. The van der Waals surface area contributed by atoms with Crippen molar-refractivity contribution >= 4 is 17.2 Å². The topological polar surface area (TPSA) is 68.4 Å². The van der Waals surface area contributed by atoms with Gasteiger partial charge in [0.15, 0.2) is 0 Å². The lowest BCUT2D eigenvalue weighted by Gasteiger charge is -2.34. The number of nitrogens with two attached hydrogens (primary N) is 1. The third kappa shape index (κ3) is 3.50. The van der Waals surface area contributed by atoms with Crippen LogP contribution in [0.2, 0.25) is 0 Å². The number of benzene rings is 1. The summed E-state index contributed by atoms with van der Waals surface area (Å²) in [7, 11) is 0. The molecule has 5 nitrogen and oxygen atoms in total. The van der Waals surface area contributed by atoms with Crippen molar-refractivity contribution in [1.29, 1.82) is 0 Å². The number of thiazole rings is 1. The van der Waals surface area contributed by atoms with Gasteiger partial charge in [0, 0.05) is 25.1 Å². The maximum absolute atomic E-state index is 12.1. The molecule has 1 amide bonds. The minimum Gasteiger partial charge on any atom is -0.372 e. The Bertz CT molecular complexity index is 716. The van der Waals surface area contributed by atoms with Crippen LogP contribution in [0.4, 0.5) is 0 Å². The van der Waals surface area contributed by atoms with Gasteiger partial charge in [0.2, 0.25) is 5.91 Å². The molecule has 0 aliphatic carbocycles. The van der Waals surface area contributed by atoms with E-state index in [9.17, 15) is 4.79 Å². The summed E-state index contributed by atoms with van der Waals surface area (Å²) in [5.41, 5.74) is 8.90. The number of fused-ring (bicyclic) bond motifs is 1. The molecule has 2 N–H and O–H groups in total. The van der Waals surface area contributed by atoms with E-state index in [1.807, 2.05) is 37.4 Å². The van der Waals surface area contributed by atoms with Gasteiger partial charge in [0.25, 0.3) is 0 Å². The summed E-state index contributed by atoms with van der Waals surface area (Å²) in [5, 5.41) is 3.02. The van der Waals surface area contributed by atoms with Crippen LogP contribution in [0.1, 0.15) is 47.8 Å². The molecule has 1 aliphatic heterocycles. The second-order valence-corrected chi connectivity index (χ2v) is 6.89. The third-order valence-electron chi connectivity index (χ3n) is 4.35. The van der Waals surface area contributed by atoms with Gasteiger partial charge in [-0.15, -0.1) is 11.3 Å². The molecule has 2 atom stereocenters. The molecule has 0 saturated carbocycles. The first-order valence-electron chi connectivity index (χ1n) is 8.27. The second kappa shape index (κ2) is 7.42. The molecule has 1 aromatic carbocycles. The lowest BCUT2D eigenvalue weighted by Crippen LogP contribution is -2.42. The molecule has 0 saturated heterocycles. The van der Waals surface area contributed by atoms with E-state index in [0.29, 0.717) is 13.2 Å². The Morgan fingerprint density at radius 3 is 3.04 bits per heavy atom. The monoisotopic (exact) mass is 345 g/mol. The van der Waals surface area contributed by atoms with Crippen molar-refractivity contribution in [2.24, 2.45) is 5.73 Å². The van der Waals surface area contributed by atoms with E-state index in [2.05, 4.69) is 16.0 Å². The molecule has 1 aliphatic rings. The van der Waals surface area contributed by atoms with Crippen LogP contribution in [0, 0.1) is 0 Å². The van der Waals surface area contributed by atoms with E-state index in [-0.39, 0.29) is 18.1 Å². The Morgan fingerprint density at radius 1 is 1.50 bits per heavy atom. The lowest BCUT2D eigenvalue weighted by molar-refractivity contribution is -0.124. The SMILES string of the molecule is CCO[C@@H](C)c1nc(CN2CCc3ccccc3[C@H]2C(N)=O)cs1. The summed E-state index contributed by atoms with van der Waals surface area (Å²) >= 11 is 1.60. The van der Waals surface area contributed by atoms with Crippen LogP contribution in [0.15, 0.2) is 29.6 Å². The lowest BCUT2D eigenvalue weighted by atomic mass is 9.92. The first kappa shape index (κ1) is 17.1. The number of nitrogens with zero attached hydrogens (tertiary/aromatic N) is 2. The number of ether oxygens (including phenoxy) is 1. The van der Waals surface area contributed by atoms with E-state index in [0.717, 1.165) is 29.2 Å². The zero-order chi connectivity index (χ0) is 17.1. The highest BCUT2D eigenvalue weighted by atomic mass is 32.1. The fourth-order valence-corrected chi connectivity index (χ4v) is 4.05. The summed E-state index contributed by atoms with van der Waals surface area (Å²) in [6.45, 7) is 6.08. The van der Waals surface area contributed by atoms with Gasteiger partial charge in [-0.3, -0.25) is 9.69 Å². The molecule has 3 rings (SSSR count). The van der Waals surface area contributed by atoms with E-state index in [1.165, 1.54) is 5.56 Å². The molecule has 24 heavy (non-hydrogen) atoms. The van der Waals surface area contributed by atoms with Crippen LogP contribution >= 0.6 is 11.3 Å². The van der Waals surface area contributed by atoms with Crippen molar-refractivity contribution in [3.8, 4) is 0 Å². The molecule has 2 heterocycles. The molecule has 0 unspecified atom stereocenters. The van der Waals surface area contributed by atoms with Gasteiger partial charge in [-0.1, -0.05) is 24.3 Å². The Kier molecular flexibility index (Phi) is 5.28. The quantitative estimate of drug-likeness (QED) is 0.874. The summed E-state index contributed by atoms with van der Waals surface area (Å²) in [5.74, 6) is -0.305. The van der Waals surface area contributed by atoms with Crippen molar-refractivity contribution in [2.45, 2.75) is 39.0 Å². The van der Waals surface area contributed by atoms with Crippen molar-refractivity contribution in [1.82, 2.24) is 9.88 Å². The van der Waals surface area contributed by atoms with Gasteiger partial charge in [-0.2, -0.15) is 0 Å². The fraction of sp³-hybridized carbons (Fsp3) is 0.444. The summed E-state index contributed by atoms with van der Waals surface area (Å²) < 4.78 is 5.60. The molecule has 128 valence electrons. The predicted molar refractivity (Wildman–Crippen MR) is 94.6 cm³/mol. The summed E-state index contributed by atoms with van der Waals surface area (Å²) in [6.07, 6.45) is 0.925. The van der Waals surface area contributed by atoms with Crippen LogP contribution < -0.4 is 5.73 Å². The number of amides is 1. The number of hydrogen-bond acceptors (Lipinski definition) is 5. The molecular formula is C18H23N3O2S. The van der Waals surface area contributed by atoms with Gasteiger partial charge in [-0.25, -0.2) is 4.98 Å². The number of primary amides is 1. The molecule has 6 heteroatoms. The van der Waals surface area contributed by atoms with E-state index < -0.39 is 0 Å². The van der Waals surface area contributed by atoms with E-state index in [4.69, 9.17) is 10.5 Å². The van der Waals surface area contributed by atoms with Crippen molar-refractivity contribution < 1.29 is 9.53 Å². The smallest absolute Gasteiger partial charge is 0.239 e. The minimum atomic E-state index is -0.385. The average molecular weight is 345 g/mol. The zero-order valence-corrected chi connectivity index (χ0v) is 14.9. The Balaban J connectivity index is 1.79. The first-order valence-corrected chi connectivity index (χ1v) is 9.15. The molecule has 1 aromatic heterocycles. The van der Waals surface area contributed by atoms with Crippen molar-refractivity contribution in [3.63, 3.8) is 0 Å². The van der Waals surface area contributed by atoms with Gasteiger partial charge < -0.3 is 10.5 Å². The molecule has 0 radical (unpaired) electrons. The van der Waals surface area contributed by atoms with Gasteiger partial charge >= 0.3 is 0 Å². The first-order chi connectivity index (χ1) is 11.6. The molecular weight excluding hydrogens is 322 g/mol. The average Bonchev–Trinajstić information content (AvgIpc) is 3.03. The summed E-state index contributed by atoms with van der Waals surface area (Å²) in [6, 6.07) is 7.66. The van der Waals surface area contributed by atoms with Crippen molar-refractivity contribution in [3.05, 3.63) is 51.5 Å². The normalized spacial score (nSPS) is 19.0. The van der Waals surface area contributed by atoms with Gasteiger partial charge in [0.1, 0.15) is 17.2 Å². The van der Waals surface area contributed by atoms with Crippen LogP contribution in [0.5, 0.6) is 0 Å². The van der Waals surface area contributed by atoms with Crippen LogP contribution in [0.3, 0.4) is 0 Å². The van der Waals surface area contributed by atoms with Gasteiger partial charge in [0.05, 0.1) is 5.69 Å². The number of carbonyl (C=O) groups is 1. The maximum atomic E-state index is 12.1. The largest absolute Gasteiger partial charge is 0.372 e. The molecule has 0 bridgehead atoms. The maximum Gasteiger partial charge on any atom is 0.239 e. The van der Waals surface area contributed by atoms with Gasteiger partial charge in [-0.05, 0) is 31.4 Å². The third-order valence-corrected chi connectivity index (χ3v) is 5.41. The highest BCUT2D eigenvalue weighted by molar-refractivity contribution is 7.09. The predicted octanol–water partition coefficient (Wildman–Crippen LogP) is 2.83. The standard InChI is InChI=1S/C18H23N3O2S/c1-3-23-12(2)18-20-14(11-24-18)10-21-9-8-13-6-4-5-7-15(13)16(21)17(19)22/h4-7,11-12,16H,3,8-10H2,1-2H3,(H2,19,22)/t12-,16-/m0/s1. The molecule has 0 fully saturated rings. The number of hydrogen-bond donors (Lipinski definition) is 1. The Labute approximate surface area is 146 Å². The van der Waals surface area contributed by atoms with E-state index >= 15 is 0 Å². The van der Waals surface area contributed by atoms with E-state index in [1.54, 1.807) is 11.3 Å². The Hall–Kier alpha value is -1.76. The summed E-state index contributed by atoms with van der Waals surface area (Å²) in [4.78, 5) is 18.9. The number of carbonyl (C=O) groups excluding carboxylic acids is 1. The molecule has 2 aromatic rings. The van der Waals surface area contributed by atoms with Crippen LogP contribution in [-0.2, 0) is 22.5 Å².